The maximum atomic E-state index is 9.85. The Morgan fingerprint density at radius 3 is 3.00 bits per heavy atom. The van der Waals surface area contributed by atoms with Crippen LogP contribution in [0.3, 0.4) is 0 Å². The summed E-state index contributed by atoms with van der Waals surface area (Å²) in [4.78, 5) is 4.29. The standard InChI is InChI=1S/C15H15Cl2N3O/c16-10-7-13-14(8-11(10)17)20(9-19-13)6-2-3-12-15(21)4-1-5-18-12/h7-9,12,15,18,21H,1,4-6H2/t12-,15+/m1/s1. The highest BCUT2D eigenvalue weighted by Crippen LogP contribution is 2.27. The lowest BCUT2D eigenvalue weighted by atomic mass is 10.0. The predicted octanol–water partition coefficient (Wildman–Crippen LogP) is 2.46. The number of hydrogen-bond acceptors (Lipinski definition) is 3. The number of fused-ring (bicyclic) bond motifs is 1. The van der Waals surface area contributed by atoms with Crippen LogP contribution in [0.2, 0.25) is 10.0 Å². The number of nitrogens with zero attached hydrogens (tertiary/aromatic N) is 2. The van der Waals surface area contributed by atoms with Crippen LogP contribution in [-0.2, 0) is 6.54 Å². The zero-order valence-electron chi connectivity index (χ0n) is 11.3. The van der Waals surface area contributed by atoms with Gasteiger partial charge in [-0.3, -0.25) is 0 Å². The summed E-state index contributed by atoms with van der Waals surface area (Å²) in [7, 11) is 0. The first-order valence-corrected chi connectivity index (χ1v) is 7.60. The number of benzene rings is 1. The van der Waals surface area contributed by atoms with Crippen LogP contribution < -0.4 is 5.32 Å². The fourth-order valence-electron chi connectivity index (χ4n) is 2.44. The van der Waals surface area contributed by atoms with Gasteiger partial charge in [-0.05, 0) is 31.5 Å². The SMILES string of the molecule is O[C@H]1CCCN[C@@H]1C#CCn1cnc2cc(Cl)c(Cl)cc21. The number of aromatic nitrogens is 2. The maximum Gasteiger partial charge on any atom is 0.0966 e. The Morgan fingerprint density at radius 1 is 1.38 bits per heavy atom. The van der Waals surface area contributed by atoms with Crippen LogP contribution in [0.5, 0.6) is 0 Å². The van der Waals surface area contributed by atoms with E-state index in [2.05, 4.69) is 22.1 Å². The zero-order valence-corrected chi connectivity index (χ0v) is 12.8. The lowest BCUT2D eigenvalue weighted by molar-refractivity contribution is 0.118. The Hall–Kier alpha value is -1.25. The molecule has 1 fully saturated rings. The van der Waals surface area contributed by atoms with E-state index >= 15 is 0 Å². The van der Waals surface area contributed by atoms with Crippen molar-refractivity contribution in [3.63, 3.8) is 0 Å². The Bertz CT molecular complexity index is 717. The maximum absolute atomic E-state index is 9.85. The van der Waals surface area contributed by atoms with E-state index < -0.39 is 0 Å². The molecule has 2 aromatic rings. The summed E-state index contributed by atoms with van der Waals surface area (Å²) in [6.07, 6.45) is 3.12. The minimum absolute atomic E-state index is 0.147. The van der Waals surface area contributed by atoms with Crippen LogP contribution in [0.1, 0.15) is 12.8 Å². The molecule has 1 aromatic heterocycles. The van der Waals surface area contributed by atoms with E-state index in [1.54, 1.807) is 18.5 Å². The summed E-state index contributed by atoms with van der Waals surface area (Å²) in [6, 6.07) is 3.39. The van der Waals surface area contributed by atoms with Gasteiger partial charge in [0.25, 0.3) is 0 Å². The molecule has 21 heavy (non-hydrogen) atoms. The molecule has 0 bridgehead atoms. The van der Waals surface area contributed by atoms with Gasteiger partial charge in [-0.25, -0.2) is 4.98 Å². The molecule has 6 heteroatoms. The van der Waals surface area contributed by atoms with Crippen molar-refractivity contribution in [3.05, 3.63) is 28.5 Å². The zero-order chi connectivity index (χ0) is 14.8. The highest BCUT2D eigenvalue weighted by atomic mass is 35.5. The second-order valence-electron chi connectivity index (χ2n) is 5.09. The Morgan fingerprint density at radius 2 is 2.19 bits per heavy atom. The second-order valence-corrected chi connectivity index (χ2v) is 5.90. The number of rotatable bonds is 1. The molecule has 0 unspecified atom stereocenters. The third kappa shape index (κ3) is 3.17. The smallest absolute Gasteiger partial charge is 0.0966 e. The van der Waals surface area contributed by atoms with E-state index in [1.165, 1.54) is 0 Å². The molecule has 0 spiro atoms. The van der Waals surface area contributed by atoms with Gasteiger partial charge in [0.2, 0.25) is 0 Å². The molecule has 1 aromatic carbocycles. The first-order chi connectivity index (χ1) is 10.1. The minimum atomic E-state index is -0.390. The van der Waals surface area contributed by atoms with Gasteiger partial charge in [-0.15, -0.1) is 0 Å². The predicted molar refractivity (Wildman–Crippen MR) is 84.6 cm³/mol. The summed E-state index contributed by atoms with van der Waals surface area (Å²) in [6.45, 7) is 1.40. The first kappa shape index (κ1) is 14.7. The molecule has 0 amide bonds. The summed E-state index contributed by atoms with van der Waals surface area (Å²) < 4.78 is 1.92. The molecule has 0 radical (unpaired) electrons. The number of aliphatic hydroxyl groups excluding tert-OH is 1. The Labute approximate surface area is 133 Å². The summed E-state index contributed by atoms with van der Waals surface area (Å²) in [5, 5.41) is 14.1. The van der Waals surface area contributed by atoms with Crippen LogP contribution in [0, 0.1) is 11.8 Å². The van der Waals surface area contributed by atoms with Crippen molar-refractivity contribution in [1.82, 2.24) is 14.9 Å². The molecule has 2 atom stereocenters. The number of hydrogen-bond donors (Lipinski definition) is 2. The van der Waals surface area contributed by atoms with Crippen molar-refractivity contribution >= 4 is 34.2 Å². The van der Waals surface area contributed by atoms with Gasteiger partial charge in [0.1, 0.15) is 0 Å². The molecular formula is C15H15Cl2N3O. The van der Waals surface area contributed by atoms with E-state index in [4.69, 9.17) is 23.2 Å². The lowest BCUT2D eigenvalue weighted by Gasteiger charge is -2.24. The van der Waals surface area contributed by atoms with Gasteiger partial charge >= 0.3 is 0 Å². The molecule has 1 saturated heterocycles. The number of aliphatic hydroxyl groups is 1. The molecule has 1 aliphatic rings. The van der Waals surface area contributed by atoms with Crippen LogP contribution in [0.15, 0.2) is 18.5 Å². The van der Waals surface area contributed by atoms with Crippen LogP contribution in [-0.4, -0.2) is 33.3 Å². The number of imidazole rings is 1. The lowest BCUT2D eigenvalue weighted by Crippen LogP contribution is -2.43. The van der Waals surface area contributed by atoms with Crippen molar-refractivity contribution < 1.29 is 5.11 Å². The van der Waals surface area contributed by atoms with E-state index in [1.807, 2.05) is 4.57 Å². The third-order valence-electron chi connectivity index (χ3n) is 3.60. The molecule has 2 N–H and O–H groups in total. The monoisotopic (exact) mass is 323 g/mol. The molecule has 0 saturated carbocycles. The van der Waals surface area contributed by atoms with Crippen LogP contribution in [0.4, 0.5) is 0 Å². The average molecular weight is 324 g/mol. The number of halogens is 2. The Kier molecular flexibility index (Phi) is 4.37. The fourth-order valence-corrected chi connectivity index (χ4v) is 2.75. The molecule has 4 nitrogen and oxygen atoms in total. The Balaban J connectivity index is 1.78. The van der Waals surface area contributed by atoms with Crippen LogP contribution >= 0.6 is 23.2 Å². The van der Waals surface area contributed by atoms with Crippen molar-refractivity contribution in [2.75, 3.05) is 6.54 Å². The first-order valence-electron chi connectivity index (χ1n) is 6.85. The molecular weight excluding hydrogens is 309 g/mol. The summed E-state index contributed by atoms with van der Waals surface area (Å²) in [5.41, 5.74) is 1.69. The molecule has 1 aliphatic heterocycles. The van der Waals surface area contributed by atoms with E-state index in [9.17, 15) is 5.11 Å². The van der Waals surface area contributed by atoms with Crippen molar-refractivity contribution in [2.24, 2.45) is 0 Å². The second kappa shape index (κ2) is 6.25. The van der Waals surface area contributed by atoms with Gasteiger partial charge in [0.05, 0.1) is 46.1 Å². The molecule has 0 aliphatic carbocycles. The van der Waals surface area contributed by atoms with Gasteiger partial charge in [0, 0.05) is 0 Å². The van der Waals surface area contributed by atoms with Gasteiger partial charge in [0.15, 0.2) is 0 Å². The average Bonchev–Trinajstić information content (AvgIpc) is 2.84. The van der Waals surface area contributed by atoms with Crippen molar-refractivity contribution in [1.29, 1.82) is 0 Å². The quantitative estimate of drug-likeness (QED) is 0.793. The number of nitrogens with one attached hydrogen (secondary N) is 1. The van der Waals surface area contributed by atoms with Gasteiger partial charge in [-0.2, -0.15) is 0 Å². The molecule has 3 rings (SSSR count). The molecule has 110 valence electrons. The van der Waals surface area contributed by atoms with Crippen LogP contribution in [0.25, 0.3) is 11.0 Å². The minimum Gasteiger partial charge on any atom is -0.390 e. The third-order valence-corrected chi connectivity index (χ3v) is 4.32. The highest BCUT2D eigenvalue weighted by molar-refractivity contribution is 6.42. The summed E-state index contributed by atoms with van der Waals surface area (Å²) in [5.74, 6) is 6.17. The fraction of sp³-hybridized carbons (Fsp3) is 0.400. The number of piperidine rings is 1. The largest absolute Gasteiger partial charge is 0.390 e. The van der Waals surface area contributed by atoms with E-state index in [-0.39, 0.29) is 12.1 Å². The highest BCUT2D eigenvalue weighted by Gasteiger charge is 2.19. The van der Waals surface area contributed by atoms with E-state index in [0.717, 1.165) is 30.4 Å². The molecule has 2 heterocycles. The normalized spacial score (nSPS) is 22.0. The summed E-state index contributed by atoms with van der Waals surface area (Å²) >= 11 is 12.0. The van der Waals surface area contributed by atoms with Crippen molar-refractivity contribution in [2.45, 2.75) is 31.5 Å². The topological polar surface area (TPSA) is 50.1 Å². The van der Waals surface area contributed by atoms with E-state index in [0.29, 0.717) is 16.6 Å². The van der Waals surface area contributed by atoms with Crippen molar-refractivity contribution in [3.8, 4) is 11.8 Å². The van der Waals surface area contributed by atoms with Gasteiger partial charge < -0.3 is 15.0 Å². The van der Waals surface area contributed by atoms with Gasteiger partial charge in [-0.1, -0.05) is 35.0 Å².